The van der Waals surface area contributed by atoms with Crippen LogP contribution >= 0.6 is 0 Å². The second-order valence-electron chi connectivity index (χ2n) is 4.61. The van der Waals surface area contributed by atoms with Gasteiger partial charge in [-0.05, 0) is 38.6 Å². The third-order valence-electron chi connectivity index (χ3n) is 2.19. The van der Waals surface area contributed by atoms with Crippen LogP contribution < -0.4 is 5.32 Å². The Morgan fingerprint density at radius 2 is 2.00 bits per heavy atom. The van der Waals surface area contributed by atoms with E-state index in [1.54, 1.807) is 0 Å². The van der Waals surface area contributed by atoms with Crippen molar-refractivity contribution < 1.29 is 5.11 Å². The van der Waals surface area contributed by atoms with Crippen LogP contribution in [0.2, 0.25) is 0 Å². The standard InChI is InChI=1S/C11H25NO/c1-5-8-12-9-11(4,13)7-6-10(2)3/h10,12-13H,5-9H2,1-4H3. The van der Waals surface area contributed by atoms with E-state index in [1.807, 2.05) is 6.92 Å². The second kappa shape index (κ2) is 6.39. The van der Waals surface area contributed by atoms with Crippen LogP contribution in [0.25, 0.3) is 0 Å². The van der Waals surface area contributed by atoms with Crippen LogP contribution in [-0.4, -0.2) is 23.8 Å². The molecule has 0 radical (unpaired) electrons. The molecule has 0 spiro atoms. The lowest BCUT2D eigenvalue weighted by atomic mass is 9.95. The van der Waals surface area contributed by atoms with E-state index >= 15 is 0 Å². The molecule has 80 valence electrons. The molecule has 0 saturated heterocycles. The van der Waals surface area contributed by atoms with Gasteiger partial charge in [0.15, 0.2) is 0 Å². The van der Waals surface area contributed by atoms with Crippen LogP contribution in [0.5, 0.6) is 0 Å². The van der Waals surface area contributed by atoms with Gasteiger partial charge >= 0.3 is 0 Å². The molecule has 1 atom stereocenters. The highest BCUT2D eigenvalue weighted by molar-refractivity contribution is 4.75. The van der Waals surface area contributed by atoms with E-state index in [0.29, 0.717) is 12.5 Å². The smallest absolute Gasteiger partial charge is 0.0743 e. The van der Waals surface area contributed by atoms with Gasteiger partial charge in [-0.2, -0.15) is 0 Å². The van der Waals surface area contributed by atoms with E-state index in [4.69, 9.17) is 0 Å². The molecule has 1 unspecified atom stereocenters. The zero-order chi connectivity index (χ0) is 10.3. The van der Waals surface area contributed by atoms with Crippen LogP contribution in [0.3, 0.4) is 0 Å². The molecule has 13 heavy (non-hydrogen) atoms. The van der Waals surface area contributed by atoms with Crippen molar-refractivity contribution in [2.24, 2.45) is 5.92 Å². The van der Waals surface area contributed by atoms with Crippen LogP contribution in [0, 0.1) is 5.92 Å². The first-order valence-electron chi connectivity index (χ1n) is 5.41. The highest BCUT2D eigenvalue weighted by Gasteiger charge is 2.19. The van der Waals surface area contributed by atoms with E-state index in [1.165, 1.54) is 0 Å². The second-order valence-corrected chi connectivity index (χ2v) is 4.61. The predicted molar refractivity (Wildman–Crippen MR) is 57.9 cm³/mol. The maximum absolute atomic E-state index is 9.93. The normalized spacial score (nSPS) is 16.2. The minimum atomic E-state index is -0.528. The number of hydrogen-bond acceptors (Lipinski definition) is 2. The third kappa shape index (κ3) is 8.26. The minimum Gasteiger partial charge on any atom is -0.389 e. The molecule has 2 heteroatoms. The van der Waals surface area contributed by atoms with Gasteiger partial charge in [-0.1, -0.05) is 20.8 Å². The van der Waals surface area contributed by atoms with Crippen molar-refractivity contribution in [1.82, 2.24) is 5.32 Å². The molecule has 0 aromatic heterocycles. The minimum absolute atomic E-state index is 0.528. The zero-order valence-electron chi connectivity index (χ0n) is 9.56. The van der Waals surface area contributed by atoms with Gasteiger partial charge in [0.25, 0.3) is 0 Å². The maximum atomic E-state index is 9.93. The Hall–Kier alpha value is -0.0800. The third-order valence-corrected chi connectivity index (χ3v) is 2.19. The van der Waals surface area contributed by atoms with Gasteiger partial charge in [0.1, 0.15) is 0 Å². The van der Waals surface area contributed by atoms with Crippen molar-refractivity contribution in [3.05, 3.63) is 0 Å². The molecule has 0 aromatic rings. The van der Waals surface area contributed by atoms with Crippen molar-refractivity contribution in [3.63, 3.8) is 0 Å². The molecule has 0 heterocycles. The summed E-state index contributed by atoms with van der Waals surface area (Å²) in [5, 5.41) is 13.2. The van der Waals surface area contributed by atoms with Gasteiger partial charge in [-0.3, -0.25) is 0 Å². The Bertz CT molecular complexity index is 121. The average Bonchev–Trinajstić information content (AvgIpc) is 2.02. The number of aliphatic hydroxyl groups is 1. The Kier molecular flexibility index (Phi) is 6.35. The summed E-state index contributed by atoms with van der Waals surface area (Å²) < 4.78 is 0. The van der Waals surface area contributed by atoms with Gasteiger partial charge in [0.05, 0.1) is 5.60 Å². The molecule has 0 aliphatic heterocycles. The van der Waals surface area contributed by atoms with Crippen LogP contribution in [0.1, 0.15) is 47.0 Å². The lowest BCUT2D eigenvalue weighted by Gasteiger charge is -2.24. The molecule has 0 fully saturated rings. The van der Waals surface area contributed by atoms with Crippen molar-refractivity contribution in [2.75, 3.05) is 13.1 Å². The molecule has 2 nitrogen and oxygen atoms in total. The van der Waals surface area contributed by atoms with E-state index in [9.17, 15) is 5.11 Å². The van der Waals surface area contributed by atoms with Crippen molar-refractivity contribution >= 4 is 0 Å². The first kappa shape index (κ1) is 12.9. The predicted octanol–water partition coefficient (Wildman–Crippen LogP) is 2.17. The molecule has 0 aliphatic carbocycles. The highest BCUT2D eigenvalue weighted by Crippen LogP contribution is 2.15. The summed E-state index contributed by atoms with van der Waals surface area (Å²) in [5.41, 5.74) is -0.528. The summed E-state index contributed by atoms with van der Waals surface area (Å²) in [4.78, 5) is 0. The molecule has 0 bridgehead atoms. The summed E-state index contributed by atoms with van der Waals surface area (Å²) >= 11 is 0. The highest BCUT2D eigenvalue weighted by atomic mass is 16.3. The van der Waals surface area contributed by atoms with Gasteiger partial charge in [-0.15, -0.1) is 0 Å². The van der Waals surface area contributed by atoms with Crippen LogP contribution in [0.15, 0.2) is 0 Å². The average molecular weight is 187 g/mol. The maximum Gasteiger partial charge on any atom is 0.0743 e. The molecule has 0 aliphatic rings. The summed E-state index contributed by atoms with van der Waals surface area (Å²) in [6, 6.07) is 0. The fourth-order valence-corrected chi connectivity index (χ4v) is 1.22. The Morgan fingerprint density at radius 3 is 2.46 bits per heavy atom. The fraction of sp³-hybridized carbons (Fsp3) is 1.00. The van der Waals surface area contributed by atoms with E-state index in [-0.39, 0.29) is 0 Å². The molecular weight excluding hydrogens is 162 g/mol. The van der Waals surface area contributed by atoms with Gasteiger partial charge < -0.3 is 10.4 Å². The monoisotopic (exact) mass is 187 g/mol. The van der Waals surface area contributed by atoms with Gasteiger partial charge in [0.2, 0.25) is 0 Å². The summed E-state index contributed by atoms with van der Waals surface area (Å²) in [5.74, 6) is 0.678. The molecule has 0 amide bonds. The van der Waals surface area contributed by atoms with Crippen molar-refractivity contribution in [2.45, 2.75) is 52.6 Å². The van der Waals surface area contributed by atoms with E-state index < -0.39 is 5.60 Å². The van der Waals surface area contributed by atoms with Crippen molar-refractivity contribution in [3.8, 4) is 0 Å². The van der Waals surface area contributed by atoms with Crippen molar-refractivity contribution in [1.29, 1.82) is 0 Å². The van der Waals surface area contributed by atoms with Gasteiger partial charge in [-0.25, -0.2) is 0 Å². The Labute approximate surface area is 82.7 Å². The number of hydrogen-bond donors (Lipinski definition) is 2. The molecule has 2 N–H and O–H groups in total. The molecule has 0 aromatic carbocycles. The molecule has 0 saturated carbocycles. The van der Waals surface area contributed by atoms with E-state index in [0.717, 1.165) is 25.8 Å². The Morgan fingerprint density at radius 1 is 1.38 bits per heavy atom. The summed E-state index contributed by atoms with van der Waals surface area (Å²) in [6.07, 6.45) is 3.11. The molecular formula is C11H25NO. The van der Waals surface area contributed by atoms with Gasteiger partial charge in [0, 0.05) is 6.54 Å². The lowest BCUT2D eigenvalue weighted by Crippen LogP contribution is -2.38. The largest absolute Gasteiger partial charge is 0.389 e. The van der Waals surface area contributed by atoms with E-state index in [2.05, 4.69) is 26.1 Å². The quantitative estimate of drug-likeness (QED) is 0.599. The first-order chi connectivity index (χ1) is 5.98. The zero-order valence-corrected chi connectivity index (χ0v) is 9.56. The van der Waals surface area contributed by atoms with Crippen LogP contribution in [0.4, 0.5) is 0 Å². The lowest BCUT2D eigenvalue weighted by molar-refractivity contribution is 0.0456. The first-order valence-corrected chi connectivity index (χ1v) is 5.41. The topological polar surface area (TPSA) is 32.3 Å². The number of rotatable bonds is 7. The van der Waals surface area contributed by atoms with Crippen LogP contribution in [-0.2, 0) is 0 Å². The molecule has 0 rings (SSSR count). The SMILES string of the molecule is CCCNCC(C)(O)CCC(C)C. The summed E-state index contributed by atoms with van der Waals surface area (Å²) in [7, 11) is 0. The fourth-order valence-electron chi connectivity index (χ4n) is 1.22. The summed E-state index contributed by atoms with van der Waals surface area (Å²) in [6.45, 7) is 10.1. The number of nitrogens with one attached hydrogen (secondary N) is 1. The Balaban J connectivity index is 3.54.